The lowest BCUT2D eigenvalue weighted by Gasteiger charge is -2.29. The van der Waals surface area contributed by atoms with E-state index in [4.69, 9.17) is 0 Å². The molecule has 1 amide bonds. The molecule has 3 rings (SSSR count). The Balaban J connectivity index is 1.93. The number of piperidine rings is 1. The fraction of sp³-hybridized carbons (Fsp3) is 0.500. The first kappa shape index (κ1) is 13.1. The van der Waals surface area contributed by atoms with Crippen LogP contribution >= 0.6 is 0 Å². The Morgan fingerprint density at radius 1 is 1.35 bits per heavy atom. The van der Waals surface area contributed by atoms with Gasteiger partial charge in [-0.15, -0.1) is 0 Å². The molecule has 3 heterocycles. The molecule has 2 aromatic heterocycles. The summed E-state index contributed by atoms with van der Waals surface area (Å²) in [6.07, 6.45) is 2.62. The van der Waals surface area contributed by atoms with E-state index in [9.17, 15) is 9.90 Å². The minimum Gasteiger partial charge on any atom is -0.393 e. The number of carbonyl (C=O) groups is 1. The standard InChI is InChI=1S/C14H18N4O2/c1-9-7-13-15-8-12(10(2)18(13)16-9)14(20)17-5-3-11(19)4-6-17/h7-8,11,19H,3-6H2,1-2H3. The molecule has 1 aliphatic heterocycles. The number of likely N-dealkylation sites (tertiary alicyclic amines) is 1. The summed E-state index contributed by atoms with van der Waals surface area (Å²) in [6.45, 7) is 4.97. The molecule has 6 nitrogen and oxygen atoms in total. The average molecular weight is 274 g/mol. The third-order valence-corrected chi connectivity index (χ3v) is 3.83. The van der Waals surface area contributed by atoms with Crippen molar-refractivity contribution in [3.05, 3.63) is 29.2 Å². The third-order valence-electron chi connectivity index (χ3n) is 3.83. The molecule has 0 bridgehead atoms. The molecule has 1 aliphatic rings. The number of amides is 1. The van der Waals surface area contributed by atoms with Crippen molar-refractivity contribution >= 4 is 11.6 Å². The second-order valence-electron chi connectivity index (χ2n) is 5.34. The van der Waals surface area contributed by atoms with E-state index < -0.39 is 0 Å². The minimum atomic E-state index is -0.283. The summed E-state index contributed by atoms with van der Waals surface area (Å²) in [5.74, 6) is -0.0306. The zero-order valence-corrected chi connectivity index (χ0v) is 11.7. The molecule has 20 heavy (non-hydrogen) atoms. The Morgan fingerprint density at radius 2 is 2.05 bits per heavy atom. The van der Waals surface area contributed by atoms with Gasteiger partial charge in [0.25, 0.3) is 5.91 Å². The Kier molecular flexibility index (Phi) is 3.17. The smallest absolute Gasteiger partial charge is 0.257 e. The number of aliphatic hydroxyl groups excluding tert-OH is 1. The second-order valence-corrected chi connectivity index (χ2v) is 5.34. The molecule has 1 N–H and O–H groups in total. The summed E-state index contributed by atoms with van der Waals surface area (Å²) in [7, 11) is 0. The summed E-state index contributed by atoms with van der Waals surface area (Å²) in [6, 6.07) is 1.89. The fourth-order valence-electron chi connectivity index (χ4n) is 2.61. The molecule has 1 fully saturated rings. The normalized spacial score (nSPS) is 16.9. The number of carbonyl (C=O) groups excluding carboxylic acids is 1. The van der Waals surface area contributed by atoms with Gasteiger partial charge in [0, 0.05) is 25.4 Å². The average Bonchev–Trinajstić information content (AvgIpc) is 2.81. The number of rotatable bonds is 1. The lowest BCUT2D eigenvalue weighted by atomic mass is 10.1. The largest absolute Gasteiger partial charge is 0.393 e. The Bertz CT molecular complexity index is 656. The summed E-state index contributed by atoms with van der Waals surface area (Å²) in [5.41, 5.74) is 3.02. The van der Waals surface area contributed by atoms with Crippen LogP contribution in [0.2, 0.25) is 0 Å². The quantitative estimate of drug-likeness (QED) is 0.840. The van der Waals surface area contributed by atoms with Gasteiger partial charge < -0.3 is 10.0 Å². The molecule has 106 valence electrons. The highest BCUT2D eigenvalue weighted by Crippen LogP contribution is 2.17. The van der Waals surface area contributed by atoms with Gasteiger partial charge in [0.05, 0.1) is 23.1 Å². The predicted octanol–water partition coefficient (Wildman–Crippen LogP) is 0.943. The molecular weight excluding hydrogens is 256 g/mol. The number of hydrogen-bond acceptors (Lipinski definition) is 4. The molecule has 0 spiro atoms. The van der Waals surface area contributed by atoms with Gasteiger partial charge in [-0.2, -0.15) is 5.10 Å². The molecule has 6 heteroatoms. The molecule has 0 aliphatic carbocycles. The van der Waals surface area contributed by atoms with Crippen LogP contribution in [0.25, 0.3) is 5.65 Å². The highest BCUT2D eigenvalue weighted by atomic mass is 16.3. The van der Waals surface area contributed by atoms with E-state index in [-0.39, 0.29) is 12.0 Å². The van der Waals surface area contributed by atoms with Gasteiger partial charge in [-0.05, 0) is 26.7 Å². The summed E-state index contributed by atoms with van der Waals surface area (Å²) in [4.78, 5) is 18.6. The van der Waals surface area contributed by atoms with Gasteiger partial charge in [-0.3, -0.25) is 4.79 Å². The monoisotopic (exact) mass is 274 g/mol. The first-order valence-corrected chi connectivity index (χ1v) is 6.85. The van der Waals surface area contributed by atoms with Crippen LogP contribution in [0, 0.1) is 13.8 Å². The minimum absolute atomic E-state index is 0.0306. The van der Waals surface area contributed by atoms with E-state index in [0.29, 0.717) is 31.5 Å². The third kappa shape index (κ3) is 2.16. The summed E-state index contributed by atoms with van der Waals surface area (Å²) < 4.78 is 1.71. The molecule has 1 saturated heterocycles. The fourth-order valence-corrected chi connectivity index (χ4v) is 2.61. The van der Waals surface area contributed by atoms with Gasteiger partial charge in [-0.25, -0.2) is 9.50 Å². The molecule has 0 atom stereocenters. The highest BCUT2D eigenvalue weighted by molar-refractivity contribution is 5.95. The maximum absolute atomic E-state index is 12.5. The van der Waals surface area contributed by atoms with E-state index >= 15 is 0 Å². The predicted molar refractivity (Wildman–Crippen MR) is 73.6 cm³/mol. The van der Waals surface area contributed by atoms with Crippen molar-refractivity contribution in [3.8, 4) is 0 Å². The summed E-state index contributed by atoms with van der Waals surface area (Å²) in [5, 5.41) is 13.9. The van der Waals surface area contributed by atoms with Gasteiger partial charge in [-0.1, -0.05) is 0 Å². The second kappa shape index (κ2) is 4.86. The lowest BCUT2D eigenvalue weighted by Crippen LogP contribution is -2.40. The van der Waals surface area contributed by atoms with Crippen LogP contribution < -0.4 is 0 Å². The number of hydrogen-bond donors (Lipinski definition) is 1. The van der Waals surface area contributed by atoms with Crippen LogP contribution in [-0.2, 0) is 0 Å². The number of aliphatic hydroxyl groups is 1. The molecule has 2 aromatic rings. The van der Waals surface area contributed by atoms with Gasteiger partial charge in [0.15, 0.2) is 5.65 Å². The van der Waals surface area contributed by atoms with E-state index in [1.807, 2.05) is 19.9 Å². The van der Waals surface area contributed by atoms with Crippen molar-refractivity contribution in [2.24, 2.45) is 0 Å². The van der Waals surface area contributed by atoms with Crippen molar-refractivity contribution in [2.45, 2.75) is 32.8 Å². The maximum Gasteiger partial charge on any atom is 0.257 e. The van der Waals surface area contributed by atoms with Crippen LogP contribution in [0.5, 0.6) is 0 Å². The van der Waals surface area contributed by atoms with E-state index in [2.05, 4.69) is 10.1 Å². The molecular formula is C14H18N4O2. The van der Waals surface area contributed by atoms with Crippen LogP contribution in [0.4, 0.5) is 0 Å². The van der Waals surface area contributed by atoms with Crippen molar-refractivity contribution in [1.29, 1.82) is 0 Å². The Labute approximate surface area is 117 Å². The van der Waals surface area contributed by atoms with E-state index in [0.717, 1.165) is 17.0 Å². The van der Waals surface area contributed by atoms with Crippen molar-refractivity contribution in [1.82, 2.24) is 19.5 Å². The first-order chi connectivity index (χ1) is 9.56. The zero-order valence-electron chi connectivity index (χ0n) is 11.7. The zero-order chi connectivity index (χ0) is 14.3. The van der Waals surface area contributed by atoms with Gasteiger partial charge >= 0.3 is 0 Å². The SMILES string of the molecule is Cc1cc2ncc(C(=O)N3CCC(O)CC3)c(C)n2n1. The number of aromatic nitrogens is 3. The molecule has 0 radical (unpaired) electrons. The number of nitrogens with zero attached hydrogens (tertiary/aromatic N) is 4. The maximum atomic E-state index is 12.5. The van der Waals surface area contributed by atoms with Crippen LogP contribution in [0.3, 0.4) is 0 Å². The topological polar surface area (TPSA) is 70.7 Å². The number of aryl methyl sites for hydroxylation is 2. The van der Waals surface area contributed by atoms with Crippen LogP contribution in [0.1, 0.15) is 34.6 Å². The first-order valence-electron chi connectivity index (χ1n) is 6.85. The van der Waals surface area contributed by atoms with Crippen LogP contribution in [0.15, 0.2) is 12.3 Å². The lowest BCUT2D eigenvalue weighted by molar-refractivity contribution is 0.0545. The van der Waals surface area contributed by atoms with Crippen molar-refractivity contribution in [3.63, 3.8) is 0 Å². The molecule has 0 saturated carbocycles. The number of fused-ring (bicyclic) bond motifs is 1. The van der Waals surface area contributed by atoms with E-state index in [1.165, 1.54) is 0 Å². The van der Waals surface area contributed by atoms with E-state index in [1.54, 1.807) is 15.6 Å². The summed E-state index contributed by atoms with van der Waals surface area (Å²) >= 11 is 0. The highest BCUT2D eigenvalue weighted by Gasteiger charge is 2.24. The Morgan fingerprint density at radius 3 is 2.75 bits per heavy atom. The Hall–Kier alpha value is -1.95. The van der Waals surface area contributed by atoms with Crippen molar-refractivity contribution in [2.75, 3.05) is 13.1 Å². The molecule has 0 aromatic carbocycles. The van der Waals surface area contributed by atoms with Gasteiger partial charge in [0.2, 0.25) is 0 Å². The molecule has 0 unspecified atom stereocenters. The van der Waals surface area contributed by atoms with Crippen LogP contribution in [-0.4, -0.2) is 49.7 Å². The van der Waals surface area contributed by atoms with Gasteiger partial charge in [0.1, 0.15) is 0 Å². The van der Waals surface area contributed by atoms with Crippen molar-refractivity contribution < 1.29 is 9.90 Å².